The first-order valence-corrected chi connectivity index (χ1v) is 34.3. The number of morpholine rings is 2. The van der Waals surface area contributed by atoms with E-state index in [0.717, 1.165) is 104 Å². The molecule has 12 aromatic rings. The first kappa shape index (κ1) is 71.8. The summed E-state index contributed by atoms with van der Waals surface area (Å²) < 4.78 is 73.7. The number of aryl methyl sites for hydroxylation is 3. The number of piperazine rings is 1. The monoisotopic (exact) mass is 1440 g/mol. The molecule has 6 aromatic carbocycles. The van der Waals surface area contributed by atoms with Crippen LogP contribution in [0.15, 0.2) is 146 Å². The lowest BCUT2D eigenvalue weighted by Gasteiger charge is -2.34. The molecule has 0 saturated carbocycles. The van der Waals surface area contributed by atoms with E-state index in [-0.39, 0.29) is 69.0 Å². The number of nitrogens with one attached hydrogen (secondary N) is 9. The number of likely N-dealkylation sites (N-methyl/N-ethyl adjacent to an activating group) is 1. The Kier molecular flexibility index (Phi) is 22.0. The fraction of sp³-hybridized carbons (Fsp3) is 0.250. The lowest BCUT2D eigenvalue weighted by molar-refractivity contribution is 0.0952. The van der Waals surface area contributed by atoms with Gasteiger partial charge in [0.15, 0.2) is 52.2 Å². The number of hydrogen-bond donors (Lipinski definition) is 9. The van der Waals surface area contributed by atoms with Gasteiger partial charge in [-0.3, -0.25) is 14.4 Å². The Hall–Kier alpha value is -12.5. The topological polar surface area (TPSA) is 307 Å². The Balaban J connectivity index is 0.000000141. The number of aromatic amines is 3. The zero-order chi connectivity index (χ0) is 74.0. The molecule has 27 nitrogen and oxygen atoms in total. The molecule has 0 bridgehead atoms. The minimum Gasteiger partial charge on any atom is -0.435 e. The molecule has 15 rings (SSSR count). The van der Waals surface area contributed by atoms with E-state index in [4.69, 9.17) is 23.7 Å². The van der Waals surface area contributed by atoms with Gasteiger partial charge in [-0.1, -0.05) is 12.1 Å². The first-order chi connectivity index (χ1) is 51.5. The molecular formula is C76H78F3N19O8. The lowest BCUT2D eigenvalue weighted by Crippen LogP contribution is -2.44. The van der Waals surface area contributed by atoms with Crippen molar-refractivity contribution in [1.82, 2.24) is 65.7 Å². The Morgan fingerprint density at radius 1 is 0.406 bits per heavy atom. The van der Waals surface area contributed by atoms with Gasteiger partial charge >= 0.3 is 0 Å². The van der Waals surface area contributed by atoms with Crippen molar-refractivity contribution in [2.75, 3.05) is 138 Å². The van der Waals surface area contributed by atoms with Crippen LogP contribution in [0.25, 0.3) is 32.7 Å². The van der Waals surface area contributed by atoms with Crippen LogP contribution in [0.1, 0.15) is 48.2 Å². The van der Waals surface area contributed by atoms with Crippen LogP contribution in [0.4, 0.5) is 64.7 Å². The van der Waals surface area contributed by atoms with E-state index in [1.807, 2.05) is 87.5 Å². The number of carbonyl (C=O) groups excluding carboxylic acids is 3. The number of ether oxygens (including phenoxy) is 5. The molecule has 106 heavy (non-hydrogen) atoms. The second-order valence-electron chi connectivity index (χ2n) is 25.1. The van der Waals surface area contributed by atoms with Crippen molar-refractivity contribution >= 4 is 102 Å². The summed E-state index contributed by atoms with van der Waals surface area (Å²) in [7, 11) is 6.62. The van der Waals surface area contributed by atoms with Crippen LogP contribution in [0.2, 0.25) is 0 Å². The zero-order valence-electron chi connectivity index (χ0n) is 59.2. The van der Waals surface area contributed by atoms with Crippen molar-refractivity contribution in [3.8, 4) is 34.9 Å². The highest BCUT2D eigenvalue weighted by Gasteiger charge is 2.28. The quantitative estimate of drug-likeness (QED) is 0.0385. The smallest absolute Gasteiger partial charge is 0.260 e. The highest BCUT2D eigenvalue weighted by Crippen LogP contribution is 2.38. The Bertz CT molecular complexity index is 5170. The molecule has 3 amide bonds. The summed E-state index contributed by atoms with van der Waals surface area (Å²) in [6.45, 7) is 15.4. The number of H-pyrrole nitrogens is 3. The van der Waals surface area contributed by atoms with Crippen molar-refractivity contribution in [3.63, 3.8) is 0 Å². The van der Waals surface area contributed by atoms with Crippen LogP contribution in [0.3, 0.4) is 0 Å². The van der Waals surface area contributed by atoms with Crippen LogP contribution in [0.5, 0.6) is 34.9 Å². The van der Waals surface area contributed by atoms with Crippen LogP contribution >= 0.6 is 0 Å². The van der Waals surface area contributed by atoms with Crippen molar-refractivity contribution in [3.05, 3.63) is 198 Å². The third-order valence-electron chi connectivity index (χ3n) is 17.9. The summed E-state index contributed by atoms with van der Waals surface area (Å²) in [6, 6.07) is 38.3. The van der Waals surface area contributed by atoms with E-state index >= 15 is 13.2 Å². The highest BCUT2D eigenvalue weighted by atomic mass is 19.1. The van der Waals surface area contributed by atoms with Crippen molar-refractivity contribution in [2.24, 2.45) is 0 Å². The minimum absolute atomic E-state index is 0.0339. The summed E-state index contributed by atoms with van der Waals surface area (Å²) in [6.07, 6.45) is 3.82. The van der Waals surface area contributed by atoms with E-state index in [2.05, 4.69) is 109 Å². The van der Waals surface area contributed by atoms with Crippen molar-refractivity contribution in [2.45, 2.75) is 20.8 Å². The van der Waals surface area contributed by atoms with Gasteiger partial charge in [-0.15, -0.1) is 0 Å². The third-order valence-corrected chi connectivity index (χ3v) is 17.9. The third kappa shape index (κ3) is 16.3. The standard InChI is InChI=1S/C26H28FN7O2.2C25H25FN6O3/c1-16-13-19-20(31-16)7-8-21(23(19)27)36-26-22(25(35)28-2)24(29-15-30-26)32-17-5-4-6-18(14-17)34-11-9-33(3)10-12-34;1-15-13-18-19(30-15)7-8-20(22(18)26)35-25-21(24(33)27-2)23(28-14-29-25)31-16-3-5-17(6-4-16)32-9-11-34-12-10-32;1-15-12-18-19(30-15)6-7-20(22(18)26)35-25-21(24(33)27-2)23(28-14-29-25)31-16-4-3-5-17(13-16)32-8-10-34-11-9-32/h4-8,13-15,31H,9-12H2,1-3H3,(H,28,35)(H,29,30,32);3-8,13-14,30H,9-12H2,1-2H3,(H,27,33)(H,28,29,31);3-7,12-14,30H,8-11H2,1-2H3,(H,27,33)(H,28,29,31). The number of rotatable bonds is 18. The van der Waals surface area contributed by atoms with Gasteiger partial charge in [-0.2, -0.15) is 0 Å². The molecule has 0 unspecified atom stereocenters. The number of anilines is 9. The van der Waals surface area contributed by atoms with E-state index < -0.39 is 35.2 Å². The van der Waals surface area contributed by atoms with Gasteiger partial charge in [0, 0.05) is 157 Å². The van der Waals surface area contributed by atoms with Crippen molar-refractivity contribution < 1.29 is 51.2 Å². The van der Waals surface area contributed by atoms with Crippen molar-refractivity contribution in [1.29, 1.82) is 0 Å². The molecule has 3 aliphatic heterocycles. The number of nitrogens with zero attached hydrogens (tertiary/aromatic N) is 10. The Morgan fingerprint density at radius 2 is 0.745 bits per heavy atom. The van der Waals surface area contributed by atoms with Gasteiger partial charge in [-0.25, -0.2) is 43.1 Å². The summed E-state index contributed by atoms with van der Waals surface area (Å²) in [5.74, 6) is -2.54. The number of fused-ring (bicyclic) bond motifs is 3. The molecular weight excluding hydrogens is 1360 g/mol. The molecule has 546 valence electrons. The number of amides is 3. The molecule has 30 heteroatoms. The molecule has 0 radical (unpaired) electrons. The van der Waals surface area contributed by atoms with Crippen LogP contribution in [-0.2, 0) is 9.47 Å². The fourth-order valence-corrected chi connectivity index (χ4v) is 12.5. The van der Waals surface area contributed by atoms with Crippen LogP contribution < -0.4 is 60.8 Å². The largest absolute Gasteiger partial charge is 0.435 e. The van der Waals surface area contributed by atoms with Gasteiger partial charge in [0.1, 0.15) is 35.7 Å². The van der Waals surface area contributed by atoms with Gasteiger partial charge in [0.2, 0.25) is 17.6 Å². The molecule has 3 fully saturated rings. The van der Waals surface area contributed by atoms with Gasteiger partial charge in [-0.05, 0) is 143 Å². The number of benzene rings is 6. The number of aromatic nitrogens is 9. The molecule has 9 heterocycles. The SMILES string of the molecule is CNC(=O)c1c(Nc2ccc(N3CCOCC3)cc2)ncnc1Oc1ccc2[nH]c(C)cc2c1F.CNC(=O)c1c(Nc2cccc(N3CCN(C)CC3)c2)ncnc1Oc1ccc2[nH]c(C)cc2c1F.CNC(=O)c1c(Nc2cccc(N3CCOCC3)c2)ncnc1Oc1ccc2[nH]c(C)cc2c1F. The Labute approximate surface area is 607 Å². The second kappa shape index (κ2) is 32.4. The predicted molar refractivity (Wildman–Crippen MR) is 400 cm³/mol. The van der Waals surface area contributed by atoms with Gasteiger partial charge in [0.25, 0.3) is 17.7 Å². The maximum absolute atomic E-state index is 15.2. The summed E-state index contributed by atoms with van der Waals surface area (Å²) >= 11 is 0. The maximum Gasteiger partial charge on any atom is 0.260 e. The second-order valence-corrected chi connectivity index (χ2v) is 25.1. The zero-order valence-corrected chi connectivity index (χ0v) is 59.2. The molecule has 0 aliphatic carbocycles. The van der Waals surface area contributed by atoms with Gasteiger partial charge < -0.3 is 90.1 Å². The molecule has 3 saturated heterocycles. The normalized spacial score (nSPS) is 13.8. The van der Waals surface area contributed by atoms with Crippen LogP contribution in [0, 0.1) is 38.2 Å². The van der Waals surface area contributed by atoms with E-state index in [1.54, 1.807) is 36.4 Å². The molecule has 6 aromatic heterocycles. The van der Waals surface area contributed by atoms with E-state index in [1.165, 1.54) is 58.3 Å². The average Bonchev–Trinajstić information content (AvgIpc) is 1.45. The van der Waals surface area contributed by atoms with Gasteiger partial charge in [0.05, 0.1) is 26.4 Å². The molecule has 0 atom stereocenters. The number of hydrogen-bond acceptors (Lipinski definition) is 21. The molecule has 9 N–H and O–H groups in total. The van der Waals surface area contributed by atoms with E-state index in [9.17, 15) is 14.4 Å². The van der Waals surface area contributed by atoms with Crippen LogP contribution in [-0.4, -0.2) is 174 Å². The Morgan fingerprint density at radius 3 is 1.10 bits per heavy atom. The maximum atomic E-state index is 15.2. The predicted octanol–water partition coefficient (Wildman–Crippen LogP) is 12.3. The summed E-state index contributed by atoms with van der Waals surface area (Å²) in [4.78, 5) is 82.0. The lowest BCUT2D eigenvalue weighted by atomic mass is 10.2. The minimum atomic E-state index is -0.541. The number of carbonyl (C=O) groups is 3. The number of halogens is 3. The first-order valence-electron chi connectivity index (χ1n) is 34.3. The fourth-order valence-electron chi connectivity index (χ4n) is 12.5. The van der Waals surface area contributed by atoms with E-state index in [0.29, 0.717) is 59.1 Å². The molecule has 3 aliphatic rings. The summed E-state index contributed by atoms with van der Waals surface area (Å²) in [5.41, 5.74) is 10.1. The highest BCUT2D eigenvalue weighted by molar-refractivity contribution is 6.03. The average molecular weight is 1440 g/mol. The summed E-state index contributed by atoms with van der Waals surface area (Å²) in [5, 5.41) is 18.5. The molecule has 0 spiro atoms.